The van der Waals surface area contributed by atoms with Crippen molar-refractivity contribution in [2.75, 3.05) is 12.3 Å². The Kier molecular flexibility index (Phi) is 3.98. The number of hydrogen-bond acceptors (Lipinski definition) is 4. The quantitative estimate of drug-likeness (QED) is 0.714. The number of nitrogen functional groups attached to an aromatic ring is 1. The van der Waals surface area contributed by atoms with Crippen LogP contribution >= 0.6 is 27.3 Å². The first kappa shape index (κ1) is 14.2. The molecule has 0 saturated heterocycles. The number of nitrogens with two attached hydrogens (primary N) is 1. The van der Waals surface area contributed by atoms with Gasteiger partial charge in [-0.1, -0.05) is 12.1 Å². The maximum absolute atomic E-state index is 6.03. The summed E-state index contributed by atoms with van der Waals surface area (Å²) in [5, 5.41) is 9.23. The Morgan fingerprint density at radius 2 is 2.05 bits per heavy atom. The van der Waals surface area contributed by atoms with Crippen LogP contribution in [0.3, 0.4) is 0 Å². The van der Waals surface area contributed by atoms with Crippen LogP contribution in [0.15, 0.2) is 39.5 Å². The first-order valence-corrected chi connectivity index (χ1v) is 8.17. The second-order valence-corrected chi connectivity index (χ2v) is 6.75. The summed E-state index contributed by atoms with van der Waals surface area (Å²) in [6.07, 6.45) is 0. The minimum absolute atomic E-state index is 0.497. The molecule has 0 unspecified atom stereocenters. The second kappa shape index (κ2) is 5.91. The minimum Gasteiger partial charge on any atom is -0.494 e. The van der Waals surface area contributed by atoms with Gasteiger partial charge in [-0.05, 0) is 46.6 Å². The van der Waals surface area contributed by atoms with Crippen molar-refractivity contribution in [3.8, 4) is 28.1 Å². The lowest BCUT2D eigenvalue weighted by Gasteiger charge is -2.06. The topological polar surface area (TPSA) is 63.9 Å². The lowest BCUT2D eigenvalue weighted by atomic mass is 10.0. The van der Waals surface area contributed by atoms with Crippen molar-refractivity contribution in [1.29, 1.82) is 0 Å². The van der Waals surface area contributed by atoms with Crippen LogP contribution in [0, 0.1) is 0 Å². The first-order chi connectivity index (χ1) is 10.2. The lowest BCUT2D eigenvalue weighted by molar-refractivity contribution is 0.340. The van der Waals surface area contributed by atoms with Gasteiger partial charge >= 0.3 is 0 Å². The highest BCUT2D eigenvalue weighted by atomic mass is 79.9. The molecule has 4 nitrogen and oxygen atoms in total. The summed E-state index contributed by atoms with van der Waals surface area (Å²) in [7, 11) is 0. The smallest absolute Gasteiger partial charge is 0.153 e. The molecule has 0 saturated carbocycles. The maximum Gasteiger partial charge on any atom is 0.153 e. The van der Waals surface area contributed by atoms with Crippen molar-refractivity contribution in [2.24, 2.45) is 0 Å². The summed E-state index contributed by atoms with van der Waals surface area (Å²) >= 11 is 5.11. The van der Waals surface area contributed by atoms with Gasteiger partial charge in [-0.15, -0.1) is 11.3 Å². The fraction of sp³-hybridized carbons (Fsp3) is 0.133. The molecule has 3 rings (SSSR count). The van der Waals surface area contributed by atoms with Crippen LogP contribution in [0.1, 0.15) is 6.92 Å². The Balaban J connectivity index is 2.04. The number of benzene rings is 1. The molecule has 21 heavy (non-hydrogen) atoms. The van der Waals surface area contributed by atoms with E-state index >= 15 is 0 Å². The molecule has 0 atom stereocenters. The Morgan fingerprint density at radius 1 is 1.29 bits per heavy atom. The molecule has 0 aliphatic heterocycles. The van der Waals surface area contributed by atoms with E-state index in [4.69, 9.17) is 10.5 Å². The molecular formula is C15H14BrN3OS. The monoisotopic (exact) mass is 363 g/mol. The number of aromatic nitrogens is 2. The zero-order valence-electron chi connectivity index (χ0n) is 11.4. The summed E-state index contributed by atoms with van der Waals surface area (Å²) in [6, 6.07) is 9.93. The average Bonchev–Trinajstić information content (AvgIpc) is 3.06. The zero-order chi connectivity index (χ0) is 14.8. The van der Waals surface area contributed by atoms with Gasteiger partial charge in [-0.25, -0.2) is 0 Å². The summed E-state index contributed by atoms with van der Waals surface area (Å²) in [5.41, 5.74) is 9.97. The molecule has 6 heteroatoms. The van der Waals surface area contributed by atoms with Gasteiger partial charge in [0.2, 0.25) is 0 Å². The van der Waals surface area contributed by atoms with E-state index in [-0.39, 0.29) is 0 Å². The predicted molar refractivity (Wildman–Crippen MR) is 90.6 cm³/mol. The van der Waals surface area contributed by atoms with E-state index in [0.29, 0.717) is 12.4 Å². The van der Waals surface area contributed by atoms with Gasteiger partial charge in [-0.3, -0.25) is 5.10 Å². The molecule has 2 heterocycles. The van der Waals surface area contributed by atoms with E-state index in [1.165, 1.54) is 0 Å². The normalized spacial score (nSPS) is 10.8. The van der Waals surface area contributed by atoms with Crippen molar-refractivity contribution in [3.63, 3.8) is 0 Å². The Bertz CT molecular complexity index is 749. The fourth-order valence-corrected chi connectivity index (χ4v) is 3.33. The van der Waals surface area contributed by atoms with Crippen molar-refractivity contribution in [2.45, 2.75) is 6.92 Å². The number of aromatic amines is 1. The molecule has 0 fully saturated rings. The van der Waals surface area contributed by atoms with Crippen LogP contribution in [0.5, 0.6) is 5.75 Å². The van der Waals surface area contributed by atoms with Crippen LogP contribution in [0.2, 0.25) is 0 Å². The molecule has 0 bridgehead atoms. The minimum atomic E-state index is 0.497. The van der Waals surface area contributed by atoms with E-state index in [1.807, 2.05) is 31.2 Å². The highest BCUT2D eigenvalue weighted by Gasteiger charge is 2.15. The van der Waals surface area contributed by atoms with Crippen LogP contribution in [-0.4, -0.2) is 16.8 Å². The second-order valence-electron chi connectivity index (χ2n) is 4.46. The number of ether oxygens (including phenoxy) is 1. The van der Waals surface area contributed by atoms with Gasteiger partial charge in [0.15, 0.2) is 5.82 Å². The van der Waals surface area contributed by atoms with E-state index in [2.05, 4.69) is 37.6 Å². The van der Waals surface area contributed by atoms with Gasteiger partial charge in [0.25, 0.3) is 0 Å². The summed E-state index contributed by atoms with van der Waals surface area (Å²) in [6.45, 7) is 2.62. The number of rotatable bonds is 4. The molecule has 2 aromatic heterocycles. The molecule has 0 amide bonds. The molecule has 108 valence electrons. The molecule has 0 aliphatic rings. The molecule has 3 aromatic rings. The number of thiophene rings is 1. The Labute approximate surface area is 135 Å². The van der Waals surface area contributed by atoms with E-state index in [1.54, 1.807) is 11.3 Å². The van der Waals surface area contributed by atoms with Crippen LogP contribution < -0.4 is 10.5 Å². The van der Waals surface area contributed by atoms with E-state index in [9.17, 15) is 0 Å². The number of nitrogens with one attached hydrogen (secondary N) is 1. The fourth-order valence-electron chi connectivity index (χ4n) is 2.18. The number of H-pyrrole nitrogens is 1. The Morgan fingerprint density at radius 3 is 2.67 bits per heavy atom. The van der Waals surface area contributed by atoms with Crippen molar-refractivity contribution >= 4 is 33.1 Å². The lowest BCUT2D eigenvalue weighted by Crippen LogP contribution is -1.92. The number of halogens is 1. The summed E-state index contributed by atoms with van der Waals surface area (Å²) < 4.78 is 6.54. The van der Waals surface area contributed by atoms with Gasteiger partial charge in [0.1, 0.15) is 5.75 Å². The average molecular weight is 364 g/mol. The van der Waals surface area contributed by atoms with E-state index < -0.39 is 0 Å². The number of nitrogens with zero attached hydrogens (tertiary/aromatic N) is 1. The van der Waals surface area contributed by atoms with Crippen LogP contribution in [0.25, 0.3) is 22.4 Å². The van der Waals surface area contributed by atoms with Gasteiger partial charge < -0.3 is 10.5 Å². The van der Waals surface area contributed by atoms with Crippen molar-refractivity contribution < 1.29 is 4.74 Å². The highest BCUT2D eigenvalue weighted by molar-refractivity contribution is 9.11. The molecule has 0 radical (unpaired) electrons. The standard InChI is InChI=1S/C15H14BrN3OS/c1-2-20-11-5-3-9(4-6-11)13-14(18-19-15(13)17)10-7-12(16)21-8-10/h3-8H,2H2,1H3,(H3,17,18,19). The first-order valence-electron chi connectivity index (χ1n) is 6.50. The van der Waals surface area contributed by atoms with Crippen molar-refractivity contribution in [3.05, 3.63) is 39.5 Å². The van der Waals surface area contributed by atoms with Crippen molar-refractivity contribution in [1.82, 2.24) is 10.2 Å². The maximum atomic E-state index is 6.03. The van der Waals surface area contributed by atoms with Gasteiger partial charge in [0.05, 0.1) is 21.7 Å². The zero-order valence-corrected chi connectivity index (χ0v) is 13.8. The molecule has 0 spiro atoms. The summed E-state index contributed by atoms with van der Waals surface area (Å²) in [5.74, 6) is 1.35. The Hall–Kier alpha value is -1.79. The molecule has 1 aromatic carbocycles. The van der Waals surface area contributed by atoms with Gasteiger partial charge in [0, 0.05) is 10.9 Å². The molecular weight excluding hydrogens is 350 g/mol. The SMILES string of the molecule is CCOc1ccc(-c2c(N)n[nH]c2-c2csc(Br)c2)cc1. The van der Waals surface area contributed by atoms with E-state index in [0.717, 1.165) is 31.9 Å². The molecule has 0 aliphatic carbocycles. The summed E-state index contributed by atoms with van der Waals surface area (Å²) in [4.78, 5) is 0. The van der Waals surface area contributed by atoms with Crippen LogP contribution in [0.4, 0.5) is 5.82 Å². The largest absolute Gasteiger partial charge is 0.494 e. The third-order valence-electron chi connectivity index (χ3n) is 3.10. The number of hydrogen-bond donors (Lipinski definition) is 2. The third kappa shape index (κ3) is 2.82. The third-order valence-corrected chi connectivity index (χ3v) is 4.61. The number of anilines is 1. The highest BCUT2D eigenvalue weighted by Crippen LogP contribution is 2.38. The predicted octanol–water partition coefficient (Wildman–Crippen LogP) is 4.55. The van der Waals surface area contributed by atoms with Gasteiger partial charge in [-0.2, -0.15) is 5.10 Å². The molecule has 3 N–H and O–H groups in total. The van der Waals surface area contributed by atoms with Crippen LogP contribution in [-0.2, 0) is 0 Å².